The first-order valence-corrected chi connectivity index (χ1v) is 6.11. The van der Waals surface area contributed by atoms with Crippen LogP contribution in [0.3, 0.4) is 0 Å². The maximum absolute atomic E-state index is 5.78. The monoisotopic (exact) mass is 225 g/mol. The Balaban J connectivity index is 2.40. The van der Waals surface area contributed by atoms with Crippen LogP contribution in [0.1, 0.15) is 19.4 Å². The van der Waals surface area contributed by atoms with Crippen LogP contribution < -0.4 is 0 Å². The van der Waals surface area contributed by atoms with Crippen LogP contribution in [0.2, 0.25) is 0 Å². The van der Waals surface area contributed by atoms with Gasteiger partial charge in [0.1, 0.15) is 0 Å². The predicted molar refractivity (Wildman–Crippen MR) is 67.6 cm³/mol. The number of nitrogens with zero attached hydrogens (tertiary/aromatic N) is 1. The van der Waals surface area contributed by atoms with E-state index in [0.29, 0.717) is 11.9 Å². The van der Waals surface area contributed by atoms with E-state index < -0.39 is 0 Å². The van der Waals surface area contributed by atoms with Crippen molar-refractivity contribution >= 4 is 11.6 Å². The average molecular weight is 226 g/mol. The summed E-state index contributed by atoms with van der Waals surface area (Å²) in [5.74, 6) is 0.715. The molecule has 0 heterocycles. The zero-order valence-corrected chi connectivity index (χ0v) is 10.4. The molecule has 0 saturated heterocycles. The second-order valence-corrected chi connectivity index (χ2v) is 4.43. The SMILES string of the molecule is CC(C)N(CCCl)CCc1ccccc1. The van der Waals surface area contributed by atoms with E-state index in [-0.39, 0.29) is 0 Å². The minimum absolute atomic E-state index is 0.576. The molecule has 0 fully saturated rings. The molecule has 0 aliphatic carbocycles. The summed E-state index contributed by atoms with van der Waals surface area (Å²) in [4.78, 5) is 2.42. The Kier molecular flexibility index (Phi) is 5.74. The van der Waals surface area contributed by atoms with Gasteiger partial charge < -0.3 is 0 Å². The fourth-order valence-corrected chi connectivity index (χ4v) is 1.87. The van der Waals surface area contributed by atoms with Crippen molar-refractivity contribution in [3.05, 3.63) is 35.9 Å². The van der Waals surface area contributed by atoms with Gasteiger partial charge in [-0.1, -0.05) is 30.3 Å². The number of rotatable bonds is 6. The number of hydrogen-bond acceptors (Lipinski definition) is 1. The molecular weight excluding hydrogens is 206 g/mol. The van der Waals surface area contributed by atoms with Crippen molar-refractivity contribution < 1.29 is 0 Å². The lowest BCUT2D eigenvalue weighted by Crippen LogP contribution is -2.34. The molecule has 1 aromatic rings. The molecular formula is C13H20ClN. The highest BCUT2D eigenvalue weighted by Crippen LogP contribution is 2.04. The van der Waals surface area contributed by atoms with Gasteiger partial charge in [-0.2, -0.15) is 0 Å². The molecule has 0 amide bonds. The molecule has 0 aliphatic rings. The van der Waals surface area contributed by atoms with Gasteiger partial charge in [0.25, 0.3) is 0 Å². The average Bonchev–Trinajstić information content (AvgIpc) is 2.25. The summed E-state index contributed by atoms with van der Waals surface area (Å²) >= 11 is 5.78. The Labute approximate surface area is 98.0 Å². The Morgan fingerprint density at radius 3 is 2.33 bits per heavy atom. The van der Waals surface area contributed by atoms with Crippen LogP contribution in [0.5, 0.6) is 0 Å². The van der Waals surface area contributed by atoms with E-state index in [1.54, 1.807) is 0 Å². The third kappa shape index (κ3) is 4.67. The molecule has 0 atom stereocenters. The standard InChI is InChI=1S/C13H20ClN/c1-12(2)15(11-9-14)10-8-13-6-4-3-5-7-13/h3-7,12H,8-11H2,1-2H3. The summed E-state index contributed by atoms with van der Waals surface area (Å²) in [5.41, 5.74) is 1.40. The molecule has 1 nitrogen and oxygen atoms in total. The maximum Gasteiger partial charge on any atom is 0.0351 e. The lowest BCUT2D eigenvalue weighted by Gasteiger charge is -2.25. The van der Waals surface area contributed by atoms with E-state index >= 15 is 0 Å². The summed E-state index contributed by atoms with van der Waals surface area (Å²) < 4.78 is 0. The predicted octanol–water partition coefficient (Wildman–Crippen LogP) is 3.18. The highest BCUT2D eigenvalue weighted by atomic mass is 35.5. The molecule has 15 heavy (non-hydrogen) atoms. The maximum atomic E-state index is 5.78. The highest BCUT2D eigenvalue weighted by Gasteiger charge is 2.07. The molecule has 0 unspecified atom stereocenters. The minimum atomic E-state index is 0.576. The molecule has 0 bridgehead atoms. The molecule has 0 radical (unpaired) electrons. The molecule has 0 aromatic heterocycles. The van der Waals surface area contributed by atoms with E-state index in [0.717, 1.165) is 19.5 Å². The van der Waals surface area contributed by atoms with E-state index in [2.05, 4.69) is 49.1 Å². The summed E-state index contributed by atoms with van der Waals surface area (Å²) in [6.07, 6.45) is 1.11. The fraction of sp³-hybridized carbons (Fsp3) is 0.538. The van der Waals surface area contributed by atoms with Crippen molar-refractivity contribution in [3.8, 4) is 0 Å². The van der Waals surface area contributed by atoms with Gasteiger partial charge >= 0.3 is 0 Å². The number of alkyl halides is 1. The van der Waals surface area contributed by atoms with Crippen molar-refractivity contribution in [2.75, 3.05) is 19.0 Å². The van der Waals surface area contributed by atoms with Crippen LogP contribution in [0, 0.1) is 0 Å². The molecule has 0 spiro atoms. The first-order valence-electron chi connectivity index (χ1n) is 5.58. The van der Waals surface area contributed by atoms with Gasteiger partial charge in [-0.05, 0) is 25.8 Å². The molecule has 0 aliphatic heterocycles. The van der Waals surface area contributed by atoms with Crippen LogP contribution in [-0.4, -0.2) is 29.9 Å². The summed E-state index contributed by atoms with van der Waals surface area (Å²) in [6.45, 7) is 6.51. The van der Waals surface area contributed by atoms with Crippen molar-refractivity contribution in [3.63, 3.8) is 0 Å². The van der Waals surface area contributed by atoms with Gasteiger partial charge in [-0.25, -0.2) is 0 Å². The van der Waals surface area contributed by atoms with Gasteiger partial charge in [-0.3, -0.25) is 4.90 Å². The van der Waals surface area contributed by atoms with Crippen molar-refractivity contribution in [2.45, 2.75) is 26.3 Å². The first kappa shape index (κ1) is 12.5. The Bertz CT molecular complexity index is 258. The summed E-state index contributed by atoms with van der Waals surface area (Å²) in [6, 6.07) is 11.2. The lowest BCUT2D eigenvalue weighted by molar-refractivity contribution is 0.238. The normalized spacial score (nSPS) is 11.3. The van der Waals surface area contributed by atoms with Crippen molar-refractivity contribution in [2.24, 2.45) is 0 Å². The second kappa shape index (κ2) is 6.86. The molecule has 2 heteroatoms. The smallest absolute Gasteiger partial charge is 0.0351 e. The molecule has 1 rings (SSSR count). The van der Waals surface area contributed by atoms with Gasteiger partial charge in [0.2, 0.25) is 0 Å². The highest BCUT2D eigenvalue weighted by molar-refractivity contribution is 6.18. The first-order chi connectivity index (χ1) is 7.24. The summed E-state index contributed by atoms with van der Waals surface area (Å²) in [7, 11) is 0. The zero-order valence-electron chi connectivity index (χ0n) is 9.62. The van der Waals surface area contributed by atoms with Crippen LogP contribution in [0.15, 0.2) is 30.3 Å². The number of benzene rings is 1. The van der Waals surface area contributed by atoms with E-state index in [1.165, 1.54) is 5.56 Å². The summed E-state index contributed by atoms with van der Waals surface area (Å²) in [5, 5.41) is 0. The molecule has 0 N–H and O–H groups in total. The third-order valence-corrected chi connectivity index (χ3v) is 2.80. The Hall–Kier alpha value is -0.530. The van der Waals surface area contributed by atoms with Crippen LogP contribution in [0.4, 0.5) is 0 Å². The van der Waals surface area contributed by atoms with E-state index in [9.17, 15) is 0 Å². The fourth-order valence-electron chi connectivity index (χ4n) is 1.65. The van der Waals surface area contributed by atoms with Crippen molar-refractivity contribution in [1.29, 1.82) is 0 Å². The van der Waals surface area contributed by atoms with Crippen LogP contribution in [-0.2, 0) is 6.42 Å². The van der Waals surface area contributed by atoms with Gasteiger partial charge in [-0.15, -0.1) is 11.6 Å². The van der Waals surface area contributed by atoms with Gasteiger partial charge in [0, 0.05) is 25.0 Å². The van der Waals surface area contributed by atoms with Crippen molar-refractivity contribution in [1.82, 2.24) is 4.90 Å². The topological polar surface area (TPSA) is 3.24 Å². The van der Waals surface area contributed by atoms with E-state index in [1.807, 2.05) is 0 Å². The second-order valence-electron chi connectivity index (χ2n) is 4.05. The largest absolute Gasteiger partial charge is 0.299 e. The molecule has 0 saturated carbocycles. The number of halogens is 1. The van der Waals surface area contributed by atoms with E-state index in [4.69, 9.17) is 11.6 Å². The number of hydrogen-bond donors (Lipinski definition) is 0. The van der Waals surface area contributed by atoms with Gasteiger partial charge in [0.15, 0.2) is 0 Å². The Morgan fingerprint density at radius 1 is 1.13 bits per heavy atom. The zero-order chi connectivity index (χ0) is 11.1. The van der Waals surface area contributed by atoms with Crippen LogP contribution in [0.25, 0.3) is 0 Å². The lowest BCUT2D eigenvalue weighted by atomic mass is 10.1. The Morgan fingerprint density at radius 2 is 1.80 bits per heavy atom. The van der Waals surface area contributed by atoms with Gasteiger partial charge in [0.05, 0.1) is 0 Å². The third-order valence-electron chi connectivity index (χ3n) is 2.63. The minimum Gasteiger partial charge on any atom is -0.299 e. The van der Waals surface area contributed by atoms with Crippen LogP contribution >= 0.6 is 11.6 Å². The molecule has 1 aromatic carbocycles. The quantitative estimate of drug-likeness (QED) is 0.673. The molecule has 84 valence electrons.